The molecule has 0 bridgehead atoms. The molecule has 0 aliphatic heterocycles. The van der Waals surface area contributed by atoms with E-state index in [1.807, 2.05) is 0 Å². The summed E-state index contributed by atoms with van der Waals surface area (Å²) in [5.41, 5.74) is -0.621. The average Bonchev–Trinajstić information content (AvgIpc) is 1.96. The van der Waals surface area contributed by atoms with E-state index in [1.54, 1.807) is 0 Å². The molecule has 0 amide bonds. The van der Waals surface area contributed by atoms with Gasteiger partial charge in [0.05, 0.1) is 0 Å². The Balaban J connectivity index is 3.03. The molecule has 0 aromatic carbocycles. The molecule has 0 radical (unpaired) electrons. The first-order valence-electron chi connectivity index (χ1n) is 3.63. The zero-order chi connectivity index (χ0) is 10.1. The van der Waals surface area contributed by atoms with Crippen molar-refractivity contribution >= 4 is 6.98 Å². The van der Waals surface area contributed by atoms with Gasteiger partial charge in [-0.2, -0.15) is 0 Å². The molecular formula is C6H7BF3N2O-. The highest BCUT2D eigenvalue weighted by molar-refractivity contribution is 6.57. The fourth-order valence-electron chi connectivity index (χ4n) is 0.923. The number of hydrogen-bond acceptors (Lipinski definition) is 2. The van der Waals surface area contributed by atoms with Crippen molar-refractivity contribution in [3.05, 3.63) is 28.4 Å². The van der Waals surface area contributed by atoms with E-state index >= 15 is 0 Å². The molecule has 1 aromatic rings. The lowest BCUT2D eigenvalue weighted by Gasteiger charge is -2.15. The molecule has 1 heterocycles. The van der Waals surface area contributed by atoms with Gasteiger partial charge in [0, 0.05) is 12.4 Å². The molecule has 0 spiro atoms. The van der Waals surface area contributed by atoms with Crippen LogP contribution in [0.3, 0.4) is 0 Å². The minimum atomic E-state index is -4.98. The maximum atomic E-state index is 11.9. The zero-order valence-electron chi connectivity index (χ0n) is 6.88. The van der Waals surface area contributed by atoms with Crippen LogP contribution in [0.4, 0.5) is 12.9 Å². The van der Waals surface area contributed by atoms with Gasteiger partial charge in [-0.05, 0) is 13.4 Å². The molecule has 0 fully saturated rings. The Labute approximate surface area is 72.3 Å². The predicted octanol–water partition coefficient (Wildman–Crippen LogP) is 0.938. The highest BCUT2D eigenvalue weighted by Crippen LogP contribution is 2.09. The van der Waals surface area contributed by atoms with Gasteiger partial charge in [-0.15, -0.1) is 0 Å². The second-order valence-electron chi connectivity index (χ2n) is 2.68. The van der Waals surface area contributed by atoms with Crippen LogP contribution in [0.1, 0.15) is 5.69 Å². The Morgan fingerprint density at radius 2 is 2.15 bits per heavy atom. The van der Waals surface area contributed by atoms with Gasteiger partial charge in [0.25, 0.3) is 5.56 Å². The van der Waals surface area contributed by atoms with Crippen molar-refractivity contribution in [1.29, 1.82) is 0 Å². The number of halogens is 3. The molecule has 0 saturated carbocycles. The lowest BCUT2D eigenvalue weighted by Crippen LogP contribution is -2.32. The zero-order valence-corrected chi connectivity index (χ0v) is 6.88. The lowest BCUT2D eigenvalue weighted by atomic mass is 9.92. The third-order valence-electron chi connectivity index (χ3n) is 1.49. The Hall–Kier alpha value is -1.27. The van der Waals surface area contributed by atoms with Crippen LogP contribution in [-0.4, -0.2) is 16.5 Å². The van der Waals surface area contributed by atoms with E-state index in [0.717, 1.165) is 6.20 Å². The van der Waals surface area contributed by atoms with Crippen LogP contribution >= 0.6 is 0 Å². The maximum Gasteiger partial charge on any atom is 0.497 e. The number of aromatic nitrogens is 2. The Morgan fingerprint density at radius 3 is 2.69 bits per heavy atom. The largest absolute Gasteiger partial charge is 0.497 e. The summed E-state index contributed by atoms with van der Waals surface area (Å²) in [6, 6.07) is 0. The first-order valence-corrected chi connectivity index (χ1v) is 3.63. The molecule has 1 aromatic heterocycles. The molecule has 13 heavy (non-hydrogen) atoms. The number of nitrogens with zero attached hydrogens (tertiary/aromatic N) is 2. The Kier molecular flexibility index (Phi) is 2.44. The van der Waals surface area contributed by atoms with Crippen molar-refractivity contribution in [2.24, 2.45) is 0 Å². The van der Waals surface area contributed by atoms with Gasteiger partial charge in [0.15, 0.2) is 0 Å². The molecule has 0 atom stereocenters. The van der Waals surface area contributed by atoms with E-state index in [0.29, 0.717) is 4.57 Å². The summed E-state index contributed by atoms with van der Waals surface area (Å²) in [5.74, 6) is 0. The third-order valence-corrected chi connectivity index (χ3v) is 1.49. The van der Waals surface area contributed by atoms with E-state index < -0.39 is 19.0 Å². The summed E-state index contributed by atoms with van der Waals surface area (Å²) in [6.07, 6.45) is 1.01. The lowest BCUT2D eigenvalue weighted by molar-refractivity contribution is 0.442. The van der Waals surface area contributed by atoms with Gasteiger partial charge in [-0.25, -0.2) is 0 Å². The van der Waals surface area contributed by atoms with Crippen molar-refractivity contribution < 1.29 is 12.9 Å². The van der Waals surface area contributed by atoms with Gasteiger partial charge < -0.3 is 17.5 Å². The molecule has 1 rings (SSSR count). The van der Waals surface area contributed by atoms with E-state index in [-0.39, 0.29) is 5.69 Å². The monoisotopic (exact) mass is 191 g/mol. The van der Waals surface area contributed by atoms with Crippen LogP contribution in [0.15, 0.2) is 17.2 Å². The third kappa shape index (κ3) is 2.60. The molecular weight excluding hydrogens is 184 g/mol. The Bertz CT molecular complexity index is 360. The van der Waals surface area contributed by atoms with Crippen molar-refractivity contribution in [1.82, 2.24) is 9.55 Å². The molecule has 0 aliphatic rings. The summed E-state index contributed by atoms with van der Waals surface area (Å²) < 4.78 is 36.4. The quantitative estimate of drug-likeness (QED) is 0.651. The van der Waals surface area contributed by atoms with Crippen LogP contribution in [-0.2, 0) is 6.44 Å². The second kappa shape index (κ2) is 3.23. The van der Waals surface area contributed by atoms with Gasteiger partial charge >= 0.3 is 6.98 Å². The average molecular weight is 191 g/mol. The smallest absolute Gasteiger partial charge is 0.448 e. The van der Waals surface area contributed by atoms with Crippen LogP contribution in [0, 0.1) is 6.92 Å². The molecule has 0 unspecified atom stereocenters. The van der Waals surface area contributed by atoms with Crippen LogP contribution in [0.5, 0.6) is 0 Å². The molecule has 72 valence electrons. The summed E-state index contributed by atoms with van der Waals surface area (Å²) in [5, 5.41) is 0. The second-order valence-corrected chi connectivity index (χ2v) is 2.68. The summed E-state index contributed by atoms with van der Waals surface area (Å²) >= 11 is 0. The fourth-order valence-corrected chi connectivity index (χ4v) is 0.923. The normalized spacial score (nSPS) is 11.7. The van der Waals surface area contributed by atoms with Gasteiger partial charge in [-0.3, -0.25) is 9.78 Å². The van der Waals surface area contributed by atoms with Crippen molar-refractivity contribution in [3.63, 3.8) is 0 Å². The molecule has 0 aliphatic carbocycles. The summed E-state index contributed by atoms with van der Waals surface area (Å²) in [6.45, 7) is -3.60. The fraction of sp³-hybridized carbons (Fsp3) is 0.333. The highest BCUT2D eigenvalue weighted by Gasteiger charge is 2.24. The first kappa shape index (κ1) is 9.82. The minimum Gasteiger partial charge on any atom is -0.448 e. The van der Waals surface area contributed by atoms with Gasteiger partial charge in [-0.1, -0.05) is 0 Å². The van der Waals surface area contributed by atoms with Crippen LogP contribution in [0.25, 0.3) is 0 Å². The highest BCUT2D eigenvalue weighted by atomic mass is 19.4. The minimum absolute atomic E-state index is 0.0718. The van der Waals surface area contributed by atoms with E-state index in [9.17, 15) is 17.7 Å². The molecule has 3 nitrogen and oxygen atoms in total. The van der Waals surface area contributed by atoms with E-state index in [1.165, 1.54) is 13.1 Å². The number of rotatable bonds is 2. The SMILES string of the molecule is Cc1nccn(C[B-](F)(F)F)c1=O. The van der Waals surface area contributed by atoms with Crippen molar-refractivity contribution in [2.75, 3.05) is 0 Å². The van der Waals surface area contributed by atoms with Crippen LogP contribution < -0.4 is 5.56 Å². The molecule has 0 saturated heterocycles. The van der Waals surface area contributed by atoms with Gasteiger partial charge in [0.2, 0.25) is 0 Å². The van der Waals surface area contributed by atoms with Gasteiger partial charge in [0.1, 0.15) is 5.69 Å². The number of aryl methyl sites for hydroxylation is 1. The topological polar surface area (TPSA) is 34.9 Å². The summed E-state index contributed by atoms with van der Waals surface area (Å²) in [4.78, 5) is 14.6. The Morgan fingerprint density at radius 1 is 1.54 bits per heavy atom. The van der Waals surface area contributed by atoms with Crippen molar-refractivity contribution in [3.8, 4) is 0 Å². The molecule has 0 N–H and O–H groups in total. The standard InChI is InChI=1S/C6H7BF3N2O/c1-5-6(13)12(3-2-11-5)4-7(8,9)10/h2-3H,4H2,1H3/q-1. The predicted molar refractivity (Wildman–Crippen MR) is 42.3 cm³/mol. The number of hydrogen-bond donors (Lipinski definition) is 0. The van der Waals surface area contributed by atoms with Crippen LogP contribution in [0.2, 0.25) is 0 Å². The molecule has 7 heteroatoms. The van der Waals surface area contributed by atoms with Crippen molar-refractivity contribution in [2.45, 2.75) is 13.4 Å². The maximum absolute atomic E-state index is 11.9. The first-order chi connectivity index (χ1) is 5.90. The van der Waals surface area contributed by atoms with E-state index in [2.05, 4.69) is 4.98 Å². The summed E-state index contributed by atoms with van der Waals surface area (Å²) in [7, 11) is 0. The van der Waals surface area contributed by atoms with E-state index in [4.69, 9.17) is 0 Å².